The van der Waals surface area contributed by atoms with Gasteiger partial charge in [0, 0.05) is 36.2 Å². The molecule has 1 aliphatic carbocycles. The van der Waals surface area contributed by atoms with Crippen molar-refractivity contribution in [3.63, 3.8) is 0 Å². The molecule has 2 heterocycles. The maximum Gasteiger partial charge on any atom is 0.0483 e. The summed E-state index contributed by atoms with van der Waals surface area (Å²) in [6, 6.07) is 9.48. The Balaban J connectivity index is 1.98. The van der Waals surface area contributed by atoms with E-state index < -0.39 is 0 Å². The quantitative estimate of drug-likeness (QED) is 0.660. The number of likely N-dealkylation sites (tertiary alicyclic amines) is 1. The molecule has 0 saturated carbocycles. The van der Waals surface area contributed by atoms with Crippen LogP contribution in [0.15, 0.2) is 35.9 Å². The van der Waals surface area contributed by atoms with Gasteiger partial charge in [-0.2, -0.15) is 0 Å². The Morgan fingerprint density at radius 1 is 1.20 bits per heavy atom. The van der Waals surface area contributed by atoms with Crippen LogP contribution >= 0.6 is 0 Å². The number of rotatable bonds is 0. The molecule has 2 aliphatic rings. The van der Waals surface area contributed by atoms with Gasteiger partial charge in [-0.1, -0.05) is 29.8 Å². The molecule has 104 valence electrons. The number of likely N-dealkylation sites (N-methyl/N-ethyl adjacent to an activating group) is 1. The summed E-state index contributed by atoms with van der Waals surface area (Å²) >= 11 is 0. The predicted octanol–water partition coefficient (Wildman–Crippen LogP) is 3.67. The SMILES string of the molecule is C/C=C1/CN(C)C2CC1Cc1c2c2ccccc2n1C. The molecule has 1 fully saturated rings. The van der Waals surface area contributed by atoms with Gasteiger partial charge in [-0.05, 0) is 44.4 Å². The van der Waals surface area contributed by atoms with Crippen molar-refractivity contribution in [1.82, 2.24) is 9.47 Å². The minimum absolute atomic E-state index is 0.596. The number of hydrogen-bond acceptors (Lipinski definition) is 1. The first kappa shape index (κ1) is 12.2. The van der Waals surface area contributed by atoms with Crippen molar-refractivity contribution in [2.24, 2.45) is 13.0 Å². The highest BCUT2D eigenvalue weighted by atomic mass is 15.1. The standard InChI is InChI=1S/C18H22N2/c1-4-12-11-19(2)16-9-13(12)10-17-18(16)14-7-5-6-8-15(14)20(17)3/h4-8,13,16H,9-11H2,1-3H3/b12-4-. The van der Waals surface area contributed by atoms with Gasteiger partial charge in [-0.3, -0.25) is 4.90 Å². The smallest absolute Gasteiger partial charge is 0.0483 e. The van der Waals surface area contributed by atoms with Crippen LogP contribution in [-0.2, 0) is 13.5 Å². The normalized spacial score (nSPS) is 28.1. The summed E-state index contributed by atoms with van der Waals surface area (Å²) in [5.74, 6) is 0.747. The van der Waals surface area contributed by atoms with Crippen LogP contribution in [0.2, 0.25) is 0 Å². The zero-order chi connectivity index (χ0) is 13.9. The lowest BCUT2D eigenvalue weighted by Crippen LogP contribution is -2.39. The second kappa shape index (κ2) is 4.23. The molecule has 4 rings (SSSR count). The van der Waals surface area contributed by atoms with E-state index in [9.17, 15) is 0 Å². The number of piperidine rings is 1. The number of hydrogen-bond donors (Lipinski definition) is 0. The molecule has 1 aliphatic heterocycles. The summed E-state index contributed by atoms with van der Waals surface area (Å²) in [5.41, 5.74) is 6.16. The van der Waals surface area contributed by atoms with Crippen LogP contribution in [0.5, 0.6) is 0 Å². The van der Waals surface area contributed by atoms with E-state index in [1.54, 1.807) is 16.8 Å². The van der Waals surface area contributed by atoms with Gasteiger partial charge in [0.05, 0.1) is 0 Å². The highest BCUT2D eigenvalue weighted by Crippen LogP contribution is 2.47. The third-order valence-electron chi connectivity index (χ3n) is 5.41. The van der Waals surface area contributed by atoms with Crippen molar-refractivity contribution in [3.05, 3.63) is 47.2 Å². The minimum atomic E-state index is 0.596. The Hall–Kier alpha value is -1.54. The average molecular weight is 266 g/mol. The Bertz CT molecular complexity index is 708. The van der Waals surface area contributed by atoms with Gasteiger partial charge >= 0.3 is 0 Å². The predicted molar refractivity (Wildman–Crippen MR) is 83.9 cm³/mol. The molecule has 1 aromatic carbocycles. The van der Waals surface area contributed by atoms with E-state index in [1.165, 1.54) is 23.7 Å². The highest BCUT2D eigenvalue weighted by molar-refractivity contribution is 5.86. The second-order valence-corrected chi connectivity index (χ2v) is 6.37. The maximum atomic E-state index is 2.54. The van der Waals surface area contributed by atoms with E-state index in [0.29, 0.717) is 6.04 Å². The van der Waals surface area contributed by atoms with Gasteiger partial charge < -0.3 is 4.57 Å². The van der Waals surface area contributed by atoms with Crippen molar-refractivity contribution < 1.29 is 0 Å². The number of nitrogens with zero attached hydrogens (tertiary/aromatic N) is 2. The van der Waals surface area contributed by atoms with E-state index in [4.69, 9.17) is 0 Å². The zero-order valence-electron chi connectivity index (χ0n) is 12.6. The van der Waals surface area contributed by atoms with E-state index in [1.807, 2.05) is 0 Å². The van der Waals surface area contributed by atoms with E-state index >= 15 is 0 Å². The number of aromatic nitrogens is 1. The lowest BCUT2D eigenvalue weighted by atomic mass is 9.75. The topological polar surface area (TPSA) is 8.17 Å². The van der Waals surface area contributed by atoms with Gasteiger partial charge in [0.1, 0.15) is 0 Å². The van der Waals surface area contributed by atoms with E-state index in [-0.39, 0.29) is 0 Å². The van der Waals surface area contributed by atoms with Crippen molar-refractivity contribution in [1.29, 1.82) is 0 Å². The van der Waals surface area contributed by atoms with Gasteiger partial charge in [-0.25, -0.2) is 0 Å². The molecule has 20 heavy (non-hydrogen) atoms. The van der Waals surface area contributed by atoms with E-state index in [0.717, 1.165) is 12.5 Å². The zero-order valence-corrected chi connectivity index (χ0v) is 12.6. The summed E-state index contributed by atoms with van der Waals surface area (Å²) < 4.78 is 2.43. The summed E-state index contributed by atoms with van der Waals surface area (Å²) in [6.45, 7) is 3.33. The molecular formula is C18H22N2. The van der Waals surface area contributed by atoms with Gasteiger partial charge in [0.2, 0.25) is 0 Å². The molecule has 2 atom stereocenters. The van der Waals surface area contributed by atoms with Gasteiger partial charge in [0.25, 0.3) is 0 Å². The Kier molecular flexibility index (Phi) is 2.58. The van der Waals surface area contributed by atoms with Crippen LogP contribution in [0, 0.1) is 5.92 Å². The third-order valence-corrected chi connectivity index (χ3v) is 5.41. The third kappa shape index (κ3) is 1.49. The lowest BCUT2D eigenvalue weighted by Gasteiger charge is -2.43. The van der Waals surface area contributed by atoms with Crippen LogP contribution in [0.1, 0.15) is 30.6 Å². The average Bonchev–Trinajstić information content (AvgIpc) is 2.76. The van der Waals surface area contributed by atoms with Crippen LogP contribution in [0.25, 0.3) is 10.9 Å². The molecule has 0 amide bonds. The monoisotopic (exact) mass is 266 g/mol. The summed E-state index contributed by atoms with van der Waals surface area (Å²) in [7, 11) is 4.51. The molecule has 2 aromatic rings. The Morgan fingerprint density at radius 3 is 2.80 bits per heavy atom. The van der Waals surface area contributed by atoms with Crippen molar-refractivity contribution >= 4 is 10.9 Å². The first-order valence-corrected chi connectivity index (χ1v) is 7.62. The van der Waals surface area contributed by atoms with E-state index in [2.05, 4.69) is 60.8 Å². The molecule has 1 saturated heterocycles. The van der Waals surface area contributed by atoms with Crippen LogP contribution in [-0.4, -0.2) is 23.1 Å². The molecule has 2 bridgehead atoms. The van der Waals surface area contributed by atoms with Gasteiger partial charge in [-0.15, -0.1) is 0 Å². The number of benzene rings is 1. The fourth-order valence-electron chi connectivity index (χ4n) is 4.34. The maximum absolute atomic E-state index is 2.54. The molecular weight excluding hydrogens is 244 g/mol. The van der Waals surface area contributed by atoms with Crippen LogP contribution in [0.4, 0.5) is 0 Å². The summed E-state index contributed by atoms with van der Waals surface area (Å²) in [6.07, 6.45) is 4.84. The molecule has 2 heteroatoms. The van der Waals surface area contributed by atoms with Crippen molar-refractivity contribution in [2.45, 2.75) is 25.8 Å². The van der Waals surface area contributed by atoms with Crippen LogP contribution < -0.4 is 0 Å². The molecule has 2 nitrogen and oxygen atoms in total. The first-order chi connectivity index (χ1) is 9.70. The largest absolute Gasteiger partial charge is 0.347 e. The molecule has 1 aromatic heterocycles. The number of para-hydroxylation sites is 1. The lowest BCUT2D eigenvalue weighted by molar-refractivity contribution is 0.173. The highest BCUT2D eigenvalue weighted by Gasteiger charge is 2.38. The van der Waals surface area contributed by atoms with Gasteiger partial charge in [0.15, 0.2) is 0 Å². The van der Waals surface area contributed by atoms with Crippen molar-refractivity contribution in [3.8, 4) is 0 Å². The second-order valence-electron chi connectivity index (χ2n) is 6.37. The first-order valence-electron chi connectivity index (χ1n) is 7.62. The number of aryl methyl sites for hydroxylation is 1. The fourth-order valence-corrected chi connectivity index (χ4v) is 4.34. The van der Waals surface area contributed by atoms with Crippen LogP contribution in [0.3, 0.4) is 0 Å². The minimum Gasteiger partial charge on any atom is -0.347 e. The molecule has 0 spiro atoms. The number of fused-ring (bicyclic) bond motifs is 6. The molecule has 2 unspecified atom stereocenters. The fraction of sp³-hybridized carbons (Fsp3) is 0.444. The summed E-state index contributed by atoms with van der Waals surface area (Å²) in [5, 5.41) is 1.46. The molecule has 0 radical (unpaired) electrons. The van der Waals surface area contributed by atoms with Crippen molar-refractivity contribution in [2.75, 3.05) is 13.6 Å². The summed E-state index contributed by atoms with van der Waals surface area (Å²) in [4.78, 5) is 2.54. The Morgan fingerprint density at radius 2 is 2.00 bits per heavy atom. The Labute approximate surface area is 120 Å². The number of allylic oxidation sites excluding steroid dienone is 1. The molecule has 0 N–H and O–H groups in total.